The van der Waals surface area contributed by atoms with Crippen molar-refractivity contribution in [1.29, 1.82) is 0 Å². The van der Waals surface area contributed by atoms with Gasteiger partial charge in [0.05, 0.1) is 0 Å². The summed E-state index contributed by atoms with van der Waals surface area (Å²) < 4.78 is 13.6. The van der Waals surface area contributed by atoms with E-state index in [0.29, 0.717) is 10.6 Å². The molecule has 0 aliphatic rings. The number of rotatable bonds is 6. The van der Waals surface area contributed by atoms with E-state index in [1.54, 1.807) is 30.5 Å². The third-order valence-electron chi connectivity index (χ3n) is 3.69. The molecular formula is C17H23N3O2S. The number of urea groups is 1. The van der Waals surface area contributed by atoms with Crippen molar-refractivity contribution in [2.75, 3.05) is 11.6 Å². The van der Waals surface area contributed by atoms with Crippen LogP contribution in [0.25, 0.3) is 0 Å². The minimum absolute atomic E-state index is 0.0633. The predicted molar refractivity (Wildman–Crippen MR) is 94.1 cm³/mol. The second-order valence-electron chi connectivity index (χ2n) is 5.63. The average Bonchev–Trinajstić information content (AvgIpc) is 2.90. The molecule has 5 nitrogen and oxygen atoms in total. The van der Waals surface area contributed by atoms with Crippen LogP contribution in [-0.2, 0) is 24.3 Å². The average molecular weight is 333 g/mol. The number of nitrogens with one attached hydrogen (secondary N) is 2. The molecule has 124 valence electrons. The molecule has 6 heteroatoms. The summed E-state index contributed by atoms with van der Waals surface area (Å²) in [6.07, 6.45) is 5.41. The predicted octanol–water partition coefficient (Wildman–Crippen LogP) is 2.91. The number of hydrogen-bond acceptors (Lipinski definition) is 2. The monoisotopic (exact) mass is 333 g/mol. The Bertz CT molecular complexity index is 697. The molecule has 1 aromatic carbocycles. The highest BCUT2D eigenvalue weighted by atomic mass is 32.2. The number of hydrogen-bond donors (Lipinski definition) is 2. The SMILES string of the molecule is C[C@H](CCc1cccn1C)NC(=O)Nc1cccc([S@](C)=O)c1. The van der Waals surface area contributed by atoms with Gasteiger partial charge in [0.1, 0.15) is 0 Å². The van der Waals surface area contributed by atoms with Gasteiger partial charge in [-0.1, -0.05) is 6.07 Å². The summed E-state index contributed by atoms with van der Waals surface area (Å²) in [6.45, 7) is 1.99. The molecule has 0 radical (unpaired) electrons. The maximum atomic E-state index is 12.0. The van der Waals surface area contributed by atoms with Gasteiger partial charge in [-0.15, -0.1) is 0 Å². The molecule has 0 fully saturated rings. The number of benzene rings is 1. The first-order valence-corrected chi connectivity index (χ1v) is 9.12. The van der Waals surface area contributed by atoms with Crippen LogP contribution in [0.5, 0.6) is 0 Å². The Morgan fingerprint density at radius 3 is 2.74 bits per heavy atom. The molecule has 2 rings (SSSR count). The maximum Gasteiger partial charge on any atom is 0.319 e. The van der Waals surface area contributed by atoms with Crippen LogP contribution in [0.3, 0.4) is 0 Å². The number of carbonyl (C=O) groups excluding carboxylic acids is 1. The molecule has 0 unspecified atom stereocenters. The fourth-order valence-electron chi connectivity index (χ4n) is 2.34. The topological polar surface area (TPSA) is 63.1 Å². The second kappa shape index (κ2) is 7.97. The van der Waals surface area contributed by atoms with E-state index in [1.807, 2.05) is 26.2 Å². The van der Waals surface area contributed by atoms with E-state index in [2.05, 4.69) is 21.3 Å². The van der Waals surface area contributed by atoms with Crippen molar-refractivity contribution in [2.45, 2.75) is 30.7 Å². The van der Waals surface area contributed by atoms with Crippen LogP contribution >= 0.6 is 0 Å². The van der Waals surface area contributed by atoms with E-state index in [9.17, 15) is 9.00 Å². The number of aryl methyl sites for hydroxylation is 2. The molecule has 1 heterocycles. The molecule has 0 saturated heterocycles. The van der Waals surface area contributed by atoms with Crippen LogP contribution in [0.1, 0.15) is 19.0 Å². The lowest BCUT2D eigenvalue weighted by atomic mass is 10.1. The van der Waals surface area contributed by atoms with Crippen molar-refractivity contribution in [3.8, 4) is 0 Å². The highest BCUT2D eigenvalue weighted by Crippen LogP contribution is 2.13. The van der Waals surface area contributed by atoms with Crippen LogP contribution < -0.4 is 10.6 Å². The lowest BCUT2D eigenvalue weighted by Crippen LogP contribution is -2.36. The fraction of sp³-hybridized carbons (Fsp3) is 0.353. The highest BCUT2D eigenvalue weighted by Gasteiger charge is 2.09. The van der Waals surface area contributed by atoms with Crippen molar-refractivity contribution in [3.63, 3.8) is 0 Å². The second-order valence-corrected chi connectivity index (χ2v) is 7.01. The highest BCUT2D eigenvalue weighted by molar-refractivity contribution is 7.84. The number of anilines is 1. The molecular weight excluding hydrogens is 310 g/mol. The van der Waals surface area contributed by atoms with E-state index in [-0.39, 0.29) is 12.1 Å². The Labute approximate surface area is 139 Å². The zero-order valence-electron chi connectivity index (χ0n) is 13.7. The molecule has 2 amide bonds. The summed E-state index contributed by atoms with van der Waals surface area (Å²) in [5.41, 5.74) is 1.89. The molecule has 0 spiro atoms. The van der Waals surface area contributed by atoms with Crippen LogP contribution in [0, 0.1) is 0 Å². The summed E-state index contributed by atoms with van der Waals surface area (Å²) in [4.78, 5) is 12.7. The lowest BCUT2D eigenvalue weighted by Gasteiger charge is -2.15. The molecule has 0 aliphatic carbocycles. The summed E-state index contributed by atoms with van der Waals surface area (Å²) in [6, 6.07) is 11.0. The number of nitrogens with zero attached hydrogens (tertiary/aromatic N) is 1. The van der Waals surface area contributed by atoms with Gasteiger partial charge in [0.15, 0.2) is 0 Å². The molecule has 23 heavy (non-hydrogen) atoms. The lowest BCUT2D eigenvalue weighted by molar-refractivity contribution is 0.248. The molecule has 2 atom stereocenters. The minimum Gasteiger partial charge on any atom is -0.354 e. The first-order chi connectivity index (χ1) is 11.0. The van der Waals surface area contributed by atoms with E-state index in [4.69, 9.17) is 0 Å². The van der Waals surface area contributed by atoms with E-state index in [1.165, 1.54) is 5.69 Å². The Balaban J connectivity index is 1.83. The normalized spacial score (nSPS) is 13.3. The van der Waals surface area contributed by atoms with E-state index in [0.717, 1.165) is 12.8 Å². The Hall–Kier alpha value is -2.08. The first kappa shape index (κ1) is 17.3. The van der Waals surface area contributed by atoms with Crippen LogP contribution in [0.15, 0.2) is 47.5 Å². The van der Waals surface area contributed by atoms with Crippen molar-refractivity contribution >= 4 is 22.5 Å². The molecule has 0 bridgehead atoms. The Kier molecular flexibility index (Phi) is 5.98. The summed E-state index contributed by atoms with van der Waals surface area (Å²) in [7, 11) is 0.957. The first-order valence-electron chi connectivity index (χ1n) is 7.57. The number of carbonyl (C=O) groups is 1. The maximum absolute atomic E-state index is 12.0. The summed E-state index contributed by atoms with van der Waals surface area (Å²) in [5.74, 6) is 0. The fourth-order valence-corrected chi connectivity index (χ4v) is 2.90. The third kappa shape index (κ3) is 5.25. The molecule has 2 aromatic rings. The van der Waals surface area contributed by atoms with Crippen molar-refractivity contribution in [2.24, 2.45) is 7.05 Å². The van der Waals surface area contributed by atoms with Crippen LogP contribution in [0.4, 0.5) is 10.5 Å². The van der Waals surface area contributed by atoms with Crippen molar-refractivity contribution < 1.29 is 9.00 Å². The van der Waals surface area contributed by atoms with Crippen molar-refractivity contribution in [1.82, 2.24) is 9.88 Å². The van der Waals surface area contributed by atoms with Crippen molar-refractivity contribution in [3.05, 3.63) is 48.3 Å². The van der Waals surface area contributed by atoms with E-state index >= 15 is 0 Å². The molecule has 0 saturated carbocycles. The largest absolute Gasteiger partial charge is 0.354 e. The summed E-state index contributed by atoms with van der Waals surface area (Å²) >= 11 is 0. The van der Waals surface area contributed by atoms with E-state index < -0.39 is 10.8 Å². The van der Waals surface area contributed by atoms with Crippen LogP contribution in [-0.4, -0.2) is 27.1 Å². The van der Waals surface area contributed by atoms with Gasteiger partial charge in [-0.05, 0) is 50.1 Å². The van der Waals surface area contributed by atoms with Gasteiger partial charge in [-0.25, -0.2) is 4.79 Å². The Morgan fingerprint density at radius 2 is 2.09 bits per heavy atom. The minimum atomic E-state index is -1.06. The molecule has 0 aliphatic heterocycles. The quantitative estimate of drug-likeness (QED) is 0.854. The van der Waals surface area contributed by atoms with Gasteiger partial charge >= 0.3 is 6.03 Å². The van der Waals surface area contributed by atoms with Gasteiger partial charge in [0.2, 0.25) is 0 Å². The van der Waals surface area contributed by atoms with Gasteiger partial charge in [-0.3, -0.25) is 4.21 Å². The number of aromatic nitrogens is 1. The number of amides is 2. The van der Waals surface area contributed by atoms with Gasteiger partial charge < -0.3 is 15.2 Å². The zero-order valence-corrected chi connectivity index (χ0v) is 14.5. The third-order valence-corrected chi connectivity index (χ3v) is 4.60. The molecule has 1 aromatic heterocycles. The zero-order chi connectivity index (χ0) is 16.8. The van der Waals surface area contributed by atoms with Gasteiger partial charge in [0, 0.05) is 52.6 Å². The van der Waals surface area contributed by atoms with Gasteiger partial charge in [-0.2, -0.15) is 0 Å². The standard InChI is InChI=1S/C17H23N3O2S/c1-13(9-10-15-7-5-11-20(15)2)18-17(21)19-14-6-4-8-16(12-14)23(3)22/h4-8,11-13H,9-10H2,1-3H3,(H2,18,19,21)/t13-,23+/m1/s1. The molecule has 2 N–H and O–H groups in total. The van der Waals surface area contributed by atoms with Gasteiger partial charge in [0.25, 0.3) is 0 Å². The summed E-state index contributed by atoms with van der Waals surface area (Å²) in [5, 5.41) is 5.71. The Morgan fingerprint density at radius 1 is 1.30 bits per heavy atom. The van der Waals surface area contributed by atoms with Crippen LogP contribution in [0.2, 0.25) is 0 Å². The smallest absolute Gasteiger partial charge is 0.319 e.